The number of likely N-dealkylation sites (tertiary alicyclic amines) is 1. The largest absolute Gasteiger partial charge is 0.310 e. The van der Waals surface area contributed by atoms with Crippen LogP contribution in [0, 0.1) is 0 Å². The first-order valence-electron chi connectivity index (χ1n) is 8.01. The predicted octanol–water partition coefficient (Wildman–Crippen LogP) is 3.31. The molecule has 3 rings (SSSR count). The first-order valence-corrected chi connectivity index (χ1v) is 8.01. The third-order valence-electron chi connectivity index (χ3n) is 4.48. The van der Waals surface area contributed by atoms with Crippen LogP contribution in [0.5, 0.6) is 0 Å². The summed E-state index contributed by atoms with van der Waals surface area (Å²) < 4.78 is 0. The molecule has 0 bridgehead atoms. The maximum Gasteiger partial charge on any atom is 0.0167 e. The predicted molar refractivity (Wildman–Crippen MR) is 85.7 cm³/mol. The number of rotatable bonds is 5. The van der Waals surface area contributed by atoms with E-state index in [0.717, 1.165) is 12.6 Å². The zero-order valence-corrected chi connectivity index (χ0v) is 12.5. The minimum atomic E-state index is 0.712. The van der Waals surface area contributed by atoms with Gasteiger partial charge in [-0.1, -0.05) is 42.0 Å². The summed E-state index contributed by atoms with van der Waals surface area (Å²) in [4.78, 5) is 2.69. The third kappa shape index (κ3) is 3.94. The summed E-state index contributed by atoms with van der Waals surface area (Å²) >= 11 is 0. The molecule has 0 spiro atoms. The zero-order chi connectivity index (χ0) is 13.8. The van der Waals surface area contributed by atoms with Gasteiger partial charge >= 0.3 is 0 Å². The summed E-state index contributed by atoms with van der Waals surface area (Å²) in [6.07, 6.45) is 7.80. The quantitative estimate of drug-likeness (QED) is 0.883. The zero-order valence-electron chi connectivity index (χ0n) is 12.5. The summed E-state index contributed by atoms with van der Waals surface area (Å²) in [5.41, 5.74) is 2.72. The molecule has 2 nitrogen and oxygen atoms in total. The van der Waals surface area contributed by atoms with Gasteiger partial charge in [-0.3, -0.25) is 0 Å². The van der Waals surface area contributed by atoms with Crippen molar-refractivity contribution in [2.24, 2.45) is 0 Å². The van der Waals surface area contributed by atoms with Crippen LogP contribution in [0.3, 0.4) is 0 Å². The van der Waals surface area contributed by atoms with Crippen molar-refractivity contribution in [1.29, 1.82) is 0 Å². The molecule has 2 fully saturated rings. The Balaban J connectivity index is 1.42. The Morgan fingerprint density at radius 1 is 1.15 bits per heavy atom. The van der Waals surface area contributed by atoms with Crippen molar-refractivity contribution in [1.82, 2.24) is 10.2 Å². The Labute approximate surface area is 122 Å². The Morgan fingerprint density at radius 3 is 2.50 bits per heavy atom. The summed E-state index contributed by atoms with van der Waals surface area (Å²) in [6, 6.07) is 12.2. The molecule has 0 radical (unpaired) electrons. The lowest BCUT2D eigenvalue weighted by atomic mass is 10.0. The highest BCUT2D eigenvalue weighted by Crippen LogP contribution is 2.29. The minimum Gasteiger partial charge on any atom is -0.310 e. The Hall–Kier alpha value is -1.12. The average molecular weight is 270 g/mol. The van der Waals surface area contributed by atoms with E-state index in [9.17, 15) is 0 Å². The monoisotopic (exact) mass is 270 g/mol. The van der Waals surface area contributed by atoms with Crippen LogP contribution in [0.15, 0.2) is 35.9 Å². The van der Waals surface area contributed by atoms with Crippen molar-refractivity contribution in [3.63, 3.8) is 0 Å². The second-order valence-electron chi connectivity index (χ2n) is 6.32. The number of piperidine rings is 1. The smallest absolute Gasteiger partial charge is 0.0167 e. The molecule has 0 amide bonds. The fourth-order valence-electron chi connectivity index (χ4n) is 3.10. The summed E-state index contributed by atoms with van der Waals surface area (Å²) in [6.45, 7) is 5.83. The molecule has 1 aromatic carbocycles. The fraction of sp³-hybridized carbons (Fsp3) is 0.556. The molecule has 2 heteroatoms. The molecule has 1 aromatic rings. The molecular weight excluding hydrogens is 244 g/mol. The van der Waals surface area contributed by atoms with Crippen molar-refractivity contribution in [3.8, 4) is 0 Å². The van der Waals surface area contributed by atoms with Crippen molar-refractivity contribution < 1.29 is 0 Å². The van der Waals surface area contributed by atoms with E-state index in [4.69, 9.17) is 0 Å². The topological polar surface area (TPSA) is 15.3 Å². The molecule has 1 heterocycles. The minimum absolute atomic E-state index is 0.712. The van der Waals surface area contributed by atoms with Crippen LogP contribution >= 0.6 is 0 Å². The molecule has 1 saturated carbocycles. The van der Waals surface area contributed by atoms with E-state index >= 15 is 0 Å². The maximum absolute atomic E-state index is 3.73. The Kier molecular flexibility index (Phi) is 4.54. The van der Waals surface area contributed by atoms with Gasteiger partial charge in [-0.25, -0.2) is 0 Å². The molecule has 20 heavy (non-hydrogen) atoms. The standard InChI is InChI=1S/C18H26N2/c1-15(13-16-5-3-2-4-6-16)14-19-17-9-11-20(12-10-17)18-7-8-18/h2-6,13,17-19H,7-12,14H2,1H3/b15-13+. The molecule has 0 unspecified atom stereocenters. The lowest BCUT2D eigenvalue weighted by Gasteiger charge is -2.32. The van der Waals surface area contributed by atoms with Crippen LogP contribution in [-0.2, 0) is 0 Å². The highest BCUT2D eigenvalue weighted by molar-refractivity contribution is 5.52. The van der Waals surface area contributed by atoms with Crippen LogP contribution < -0.4 is 5.32 Å². The van der Waals surface area contributed by atoms with Crippen molar-refractivity contribution in [2.75, 3.05) is 19.6 Å². The molecule has 1 aliphatic carbocycles. The van der Waals surface area contributed by atoms with Crippen LogP contribution in [0.25, 0.3) is 6.08 Å². The van der Waals surface area contributed by atoms with Gasteiger partial charge in [0.05, 0.1) is 0 Å². The van der Waals surface area contributed by atoms with E-state index in [0.29, 0.717) is 6.04 Å². The van der Waals surface area contributed by atoms with E-state index in [-0.39, 0.29) is 0 Å². The SMILES string of the molecule is C/C(=C\c1ccccc1)CNC1CCN(C2CC2)CC1. The fourth-order valence-corrected chi connectivity index (χ4v) is 3.10. The lowest BCUT2D eigenvalue weighted by molar-refractivity contribution is 0.191. The first-order chi connectivity index (χ1) is 9.81. The van der Waals surface area contributed by atoms with Gasteiger partial charge in [-0.05, 0) is 51.3 Å². The summed E-state index contributed by atoms with van der Waals surface area (Å²) in [5.74, 6) is 0. The van der Waals surface area contributed by atoms with E-state index in [1.807, 2.05) is 0 Å². The van der Waals surface area contributed by atoms with Gasteiger partial charge in [0.15, 0.2) is 0 Å². The average Bonchev–Trinajstić information content (AvgIpc) is 3.31. The molecule has 0 aromatic heterocycles. The maximum atomic E-state index is 3.73. The van der Waals surface area contributed by atoms with Crippen LogP contribution in [-0.4, -0.2) is 36.6 Å². The van der Waals surface area contributed by atoms with E-state index in [1.165, 1.54) is 49.9 Å². The molecule has 2 aliphatic rings. The lowest BCUT2D eigenvalue weighted by Crippen LogP contribution is -2.43. The van der Waals surface area contributed by atoms with Crippen molar-refractivity contribution in [3.05, 3.63) is 41.5 Å². The number of benzene rings is 1. The van der Waals surface area contributed by atoms with Gasteiger partial charge in [-0.15, -0.1) is 0 Å². The first kappa shape index (κ1) is 13.8. The van der Waals surface area contributed by atoms with Crippen LogP contribution in [0.2, 0.25) is 0 Å². The summed E-state index contributed by atoms with van der Waals surface area (Å²) in [5, 5.41) is 3.73. The van der Waals surface area contributed by atoms with Gasteiger partial charge in [-0.2, -0.15) is 0 Å². The van der Waals surface area contributed by atoms with Gasteiger partial charge < -0.3 is 10.2 Å². The number of nitrogens with one attached hydrogen (secondary N) is 1. The van der Waals surface area contributed by atoms with Crippen LogP contribution in [0.1, 0.15) is 38.2 Å². The van der Waals surface area contributed by atoms with E-state index in [2.05, 4.69) is 53.5 Å². The third-order valence-corrected chi connectivity index (χ3v) is 4.48. The highest BCUT2D eigenvalue weighted by atomic mass is 15.2. The molecule has 1 aliphatic heterocycles. The van der Waals surface area contributed by atoms with Crippen molar-refractivity contribution in [2.45, 2.75) is 44.7 Å². The van der Waals surface area contributed by atoms with Gasteiger partial charge in [0.1, 0.15) is 0 Å². The molecule has 108 valence electrons. The van der Waals surface area contributed by atoms with E-state index < -0.39 is 0 Å². The number of hydrogen-bond acceptors (Lipinski definition) is 2. The van der Waals surface area contributed by atoms with Crippen molar-refractivity contribution >= 4 is 6.08 Å². The second kappa shape index (κ2) is 6.55. The van der Waals surface area contributed by atoms with Gasteiger partial charge in [0.25, 0.3) is 0 Å². The Morgan fingerprint density at radius 2 is 1.85 bits per heavy atom. The normalized spacial score (nSPS) is 22.1. The van der Waals surface area contributed by atoms with E-state index in [1.54, 1.807) is 0 Å². The molecular formula is C18H26N2. The number of hydrogen-bond donors (Lipinski definition) is 1. The Bertz CT molecular complexity index is 440. The van der Waals surface area contributed by atoms with Gasteiger partial charge in [0, 0.05) is 18.6 Å². The highest BCUT2D eigenvalue weighted by Gasteiger charge is 2.31. The molecule has 1 saturated heterocycles. The second-order valence-corrected chi connectivity index (χ2v) is 6.32. The van der Waals surface area contributed by atoms with Gasteiger partial charge in [0.2, 0.25) is 0 Å². The molecule has 0 atom stereocenters. The molecule has 1 N–H and O–H groups in total. The summed E-state index contributed by atoms with van der Waals surface area (Å²) in [7, 11) is 0. The van der Waals surface area contributed by atoms with Crippen LogP contribution in [0.4, 0.5) is 0 Å². The number of nitrogens with zero attached hydrogens (tertiary/aromatic N) is 1.